The minimum Gasteiger partial charge on any atom is -0.385 e. The highest BCUT2D eigenvalue weighted by atomic mass is 14.9. The van der Waals surface area contributed by atoms with Crippen LogP contribution in [0.25, 0.3) is 0 Å². The second kappa shape index (κ2) is 10.2. The Hall–Kier alpha value is -0.980. The van der Waals surface area contributed by atoms with Gasteiger partial charge in [0.25, 0.3) is 0 Å². The van der Waals surface area contributed by atoms with E-state index in [4.69, 9.17) is 0 Å². The van der Waals surface area contributed by atoms with E-state index in [-0.39, 0.29) is 0 Å². The van der Waals surface area contributed by atoms with Crippen LogP contribution in [0.4, 0.5) is 0 Å². The smallest absolute Gasteiger partial charge is 0.0293 e. The fourth-order valence-electron chi connectivity index (χ4n) is 1.51. The highest BCUT2D eigenvalue weighted by Gasteiger charge is 1.97. The largest absolute Gasteiger partial charge is 0.385 e. The molecule has 0 radical (unpaired) electrons. The maximum absolute atomic E-state index is 3.75. The van der Waals surface area contributed by atoms with Crippen LogP contribution in [0, 0.1) is 11.8 Å². The van der Waals surface area contributed by atoms with E-state index in [9.17, 15) is 0 Å². The standard InChI is InChI=1S/C16H29N/c1-6-8-9-15(5)10-11-16(7-2)17-13-12-14(3)4/h6-7,10-11,14-15,17H,1,8-9,12-13H2,2-5H3/b11-10-,16-7+. The molecular weight excluding hydrogens is 206 g/mol. The second-order valence-corrected chi connectivity index (χ2v) is 5.06. The Labute approximate surface area is 108 Å². The number of allylic oxidation sites excluding steroid dienone is 4. The quantitative estimate of drug-likeness (QED) is 0.452. The van der Waals surface area contributed by atoms with Crippen molar-refractivity contribution < 1.29 is 0 Å². The average molecular weight is 235 g/mol. The van der Waals surface area contributed by atoms with Gasteiger partial charge in [-0.15, -0.1) is 6.58 Å². The summed E-state index contributed by atoms with van der Waals surface area (Å²) in [6, 6.07) is 0. The van der Waals surface area contributed by atoms with Gasteiger partial charge < -0.3 is 5.32 Å². The Kier molecular flexibility index (Phi) is 9.60. The zero-order chi connectivity index (χ0) is 13.1. The lowest BCUT2D eigenvalue weighted by Crippen LogP contribution is -2.15. The maximum Gasteiger partial charge on any atom is 0.0293 e. The lowest BCUT2D eigenvalue weighted by molar-refractivity contribution is 0.565. The molecule has 0 saturated carbocycles. The Bertz CT molecular complexity index is 248. The fraction of sp³-hybridized carbons (Fsp3) is 0.625. The van der Waals surface area contributed by atoms with E-state index in [1.54, 1.807) is 0 Å². The molecule has 0 aliphatic rings. The topological polar surface area (TPSA) is 12.0 Å². The van der Waals surface area contributed by atoms with Gasteiger partial charge in [0.1, 0.15) is 0 Å². The van der Waals surface area contributed by atoms with Crippen LogP contribution < -0.4 is 5.32 Å². The molecule has 0 saturated heterocycles. The van der Waals surface area contributed by atoms with Crippen LogP contribution in [0.2, 0.25) is 0 Å². The van der Waals surface area contributed by atoms with Crippen LogP contribution in [0.15, 0.2) is 36.6 Å². The van der Waals surface area contributed by atoms with E-state index >= 15 is 0 Å². The third kappa shape index (κ3) is 9.92. The summed E-state index contributed by atoms with van der Waals surface area (Å²) >= 11 is 0. The van der Waals surface area contributed by atoms with Gasteiger partial charge in [-0.25, -0.2) is 0 Å². The van der Waals surface area contributed by atoms with Crippen molar-refractivity contribution in [2.75, 3.05) is 6.54 Å². The molecule has 0 spiro atoms. The first-order chi connectivity index (χ1) is 8.10. The summed E-state index contributed by atoms with van der Waals surface area (Å²) in [5.74, 6) is 1.38. The zero-order valence-electron chi connectivity index (χ0n) is 12.0. The van der Waals surface area contributed by atoms with Gasteiger partial charge in [0, 0.05) is 12.2 Å². The van der Waals surface area contributed by atoms with Crippen LogP contribution in [-0.2, 0) is 0 Å². The summed E-state index contributed by atoms with van der Waals surface area (Å²) in [5, 5.41) is 3.47. The molecule has 1 atom stereocenters. The molecule has 0 fully saturated rings. The molecule has 98 valence electrons. The van der Waals surface area contributed by atoms with Crippen LogP contribution in [0.3, 0.4) is 0 Å². The Balaban J connectivity index is 3.95. The minimum absolute atomic E-state index is 0.620. The number of hydrogen-bond acceptors (Lipinski definition) is 1. The average Bonchev–Trinajstić information content (AvgIpc) is 2.30. The molecule has 17 heavy (non-hydrogen) atoms. The van der Waals surface area contributed by atoms with Crippen LogP contribution >= 0.6 is 0 Å². The first-order valence-corrected chi connectivity index (χ1v) is 6.79. The van der Waals surface area contributed by atoms with Gasteiger partial charge in [-0.3, -0.25) is 0 Å². The predicted octanol–water partition coefficient (Wildman–Crippen LogP) is 4.68. The van der Waals surface area contributed by atoms with Crippen molar-refractivity contribution in [1.82, 2.24) is 5.32 Å². The van der Waals surface area contributed by atoms with Crippen molar-refractivity contribution in [1.29, 1.82) is 0 Å². The molecule has 0 bridgehead atoms. The summed E-state index contributed by atoms with van der Waals surface area (Å²) in [7, 11) is 0. The fourth-order valence-corrected chi connectivity index (χ4v) is 1.51. The third-order valence-electron chi connectivity index (χ3n) is 2.79. The molecule has 0 heterocycles. The molecule has 0 rings (SSSR count). The molecule has 1 heteroatoms. The van der Waals surface area contributed by atoms with E-state index < -0.39 is 0 Å². The van der Waals surface area contributed by atoms with Gasteiger partial charge >= 0.3 is 0 Å². The Morgan fingerprint density at radius 1 is 1.24 bits per heavy atom. The first-order valence-electron chi connectivity index (χ1n) is 6.79. The molecule has 0 aliphatic carbocycles. The van der Waals surface area contributed by atoms with Crippen molar-refractivity contribution in [3.63, 3.8) is 0 Å². The summed E-state index contributed by atoms with van der Waals surface area (Å²) in [6.07, 6.45) is 12.1. The zero-order valence-corrected chi connectivity index (χ0v) is 12.0. The molecule has 0 aliphatic heterocycles. The molecule has 0 aromatic carbocycles. The monoisotopic (exact) mass is 235 g/mol. The van der Waals surface area contributed by atoms with Gasteiger partial charge in [0.15, 0.2) is 0 Å². The van der Waals surface area contributed by atoms with E-state index in [0.29, 0.717) is 5.92 Å². The number of hydrogen-bond donors (Lipinski definition) is 1. The predicted molar refractivity (Wildman–Crippen MR) is 78.9 cm³/mol. The highest BCUT2D eigenvalue weighted by molar-refractivity contribution is 5.16. The summed E-state index contributed by atoms with van der Waals surface area (Å²) in [5.41, 5.74) is 1.23. The normalized spacial score (nSPS) is 14.3. The Morgan fingerprint density at radius 2 is 1.94 bits per heavy atom. The first kappa shape index (κ1) is 16.0. The van der Waals surface area contributed by atoms with E-state index in [2.05, 4.69) is 57.8 Å². The SMILES string of the molecule is C=CCCC(C)/C=C\C(=C/C)NCCC(C)C. The summed E-state index contributed by atoms with van der Waals surface area (Å²) in [6.45, 7) is 13.7. The van der Waals surface area contributed by atoms with E-state index in [1.165, 1.54) is 18.5 Å². The van der Waals surface area contributed by atoms with Crippen LogP contribution in [0.5, 0.6) is 0 Å². The third-order valence-corrected chi connectivity index (χ3v) is 2.79. The highest BCUT2D eigenvalue weighted by Crippen LogP contribution is 2.08. The van der Waals surface area contributed by atoms with Crippen molar-refractivity contribution in [3.8, 4) is 0 Å². The maximum atomic E-state index is 3.75. The molecule has 1 N–H and O–H groups in total. The number of rotatable bonds is 9. The second-order valence-electron chi connectivity index (χ2n) is 5.06. The Morgan fingerprint density at radius 3 is 2.47 bits per heavy atom. The molecule has 0 aromatic rings. The van der Waals surface area contributed by atoms with Crippen molar-refractivity contribution in [2.45, 2.75) is 47.0 Å². The van der Waals surface area contributed by atoms with Crippen molar-refractivity contribution in [3.05, 3.63) is 36.6 Å². The van der Waals surface area contributed by atoms with Gasteiger partial charge in [-0.1, -0.05) is 39.0 Å². The molecular formula is C16H29N. The van der Waals surface area contributed by atoms with Crippen molar-refractivity contribution in [2.24, 2.45) is 11.8 Å². The molecule has 0 amide bonds. The lowest BCUT2D eigenvalue weighted by atomic mass is 10.0. The van der Waals surface area contributed by atoms with Crippen LogP contribution in [0.1, 0.15) is 47.0 Å². The van der Waals surface area contributed by atoms with Gasteiger partial charge in [-0.05, 0) is 44.1 Å². The van der Waals surface area contributed by atoms with E-state index in [1.807, 2.05) is 6.08 Å². The molecule has 0 aromatic heterocycles. The van der Waals surface area contributed by atoms with Gasteiger partial charge in [-0.2, -0.15) is 0 Å². The van der Waals surface area contributed by atoms with Crippen molar-refractivity contribution >= 4 is 0 Å². The summed E-state index contributed by atoms with van der Waals surface area (Å²) < 4.78 is 0. The molecule has 1 unspecified atom stereocenters. The molecule has 1 nitrogen and oxygen atoms in total. The van der Waals surface area contributed by atoms with E-state index in [0.717, 1.165) is 18.9 Å². The lowest BCUT2D eigenvalue weighted by Gasteiger charge is -2.10. The number of nitrogens with one attached hydrogen (secondary N) is 1. The minimum atomic E-state index is 0.620. The van der Waals surface area contributed by atoms with Crippen LogP contribution in [-0.4, -0.2) is 6.54 Å². The van der Waals surface area contributed by atoms with Gasteiger partial charge in [0.05, 0.1) is 0 Å². The van der Waals surface area contributed by atoms with Gasteiger partial charge in [0.2, 0.25) is 0 Å². The summed E-state index contributed by atoms with van der Waals surface area (Å²) in [4.78, 5) is 0.